The average molecular weight is 195 g/mol. The van der Waals surface area contributed by atoms with Crippen LogP contribution in [-0.2, 0) is 4.74 Å². The van der Waals surface area contributed by atoms with Crippen LogP contribution in [0.2, 0.25) is 0 Å². The number of ketones is 1. The third-order valence-corrected chi connectivity index (χ3v) is 2.27. The minimum absolute atomic E-state index is 0.0388. The van der Waals surface area contributed by atoms with Crippen molar-refractivity contribution in [1.29, 1.82) is 0 Å². The molecule has 14 heavy (non-hydrogen) atoms. The van der Waals surface area contributed by atoms with E-state index in [4.69, 9.17) is 9.15 Å². The first-order valence-electron chi connectivity index (χ1n) is 4.73. The molecule has 1 aliphatic rings. The summed E-state index contributed by atoms with van der Waals surface area (Å²) in [6, 6.07) is 3.43. The summed E-state index contributed by atoms with van der Waals surface area (Å²) in [4.78, 5) is 13.7. The number of hydrogen-bond donors (Lipinski definition) is 0. The van der Waals surface area contributed by atoms with Gasteiger partial charge in [-0.05, 0) is 12.1 Å². The zero-order chi connectivity index (χ0) is 9.80. The van der Waals surface area contributed by atoms with Gasteiger partial charge < -0.3 is 9.15 Å². The lowest BCUT2D eigenvalue weighted by molar-refractivity contribution is 0.0365. The van der Waals surface area contributed by atoms with Gasteiger partial charge in [0.2, 0.25) is 5.78 Å². The van der Waals surface area contributed by atoms with Crippen molar-refractivity contribution in [2.75, 3.05) is 32.8 Å². The average Bonchev–Trinajstić information content (AvgIpc) is 2.72. The molecule has 4 heteroatoms. The molecule has 0 N–H and O–H groups in total. The van der Waals surface area contributed by atoms with Crippen molar-refractivity contribution >= 4 is 5.78 Å². The third kappa shape index (κ3) is 2.21. The van der Waals surface area contributed by atoms with Crippen molar-refractivity contribution in [2.24, 2.45) is 0 Å². The third-order valence-electron chi connectivity index (χ3n) is 2.27. The Morgan fingerprint density at radius 2 is 2.21 bits per heavy atom. The number of carbonyl (C=O) groups excluding carboxylic acids is 1. The molecule has 0 aliphatic carbocycles. The van der Waals surface area contributed by atoms with Crippen LogP contribution >= 0.6 is 0 Å². The van der Waals surface area contributed by atoms with Crippen molar-refractivity contribution in [3.63, 3.8) is 0 Å². The van der Waals surface area contributed by atoms with Gasteiger partial charge >= 0.3 is 0 Å². The van der Waals surface area contributed by atoms with Gasteiger partial charge in [0.1, 0.15) is 0 Å². The molecule has 1 aromatic heterocycles. The summed E-state index contributed by atoms with van der Waals surface area (Å²) < 4.78 is 10.2. The molecule has 0 unspecified atom stereocenters. The van der Waals surface area contributed by atoms with E-state index in [2.05, 4.69) is 4.90 Å². The van der Waals surface area contributed by atoms with Gasteiger partial charge in [-0.1, -0.05) is 0 Å². The maximum absolute atomic E-state index is 11.6. The van der Waals surface area contributed by atoms with Crippen LogP contribution in [0.1, 0.15) is 10.6 Å². The second kappa shape index (κ2) is 4.39. The summed E-state index contributed by atoms with van der Waals surface area (Å²) in [5, 5.41) is 0. The first-order valence-corrected chi connectivity index (χ1v) is 4.73. The second-order valence-electron chi connectivity index (χ2n) is 3.29. The van der Waals surface area contributed by atoms with Crippen LogP contribution in [0.3, 0.4) is 0 Å². The molecule has 76 valence electrons. The fraction of sp³-hybridized carbons (Fsp3) is 0.500. The minimum atomic E-state index is 0.0388. The highest BCUT2D eigenvalue weighted by Gasteiger charge is 2.16. The largest absolute Gasteiger partial charge is 0.461 e. The van der Waals surface area contributed by atoms with Crippen molar-refractivity contribution in [3.05, 3.63) is 24.2 Å². The first-order chi connectivity index (χ1) is 6.86. The molecule has 0 amide bonds. The number of nitrogens with zero attached hydrogens (tertiary/aromatic N) is 1. The van der Waals surface area contributed by atoms with Crippen LogP contribution in [-0.4, -0.2) is 43.5 Å². The van der Waals surface area contributed by atoms with E-state index in [-0.39, 0.29) is 5.78 Å². The zero-order valence-corrected chi connectivity index (χ0v) is 7.94. The molecule has 1 aliphatic heterocycles. The van der Waals surface area contributed by atoms with E-state index in [0.29, 0.717) is 25.5 Å². The van der Waals surface area contributed by atoms with Crippen LogP contribution < -0.4 is 0 Å². The highest BCUT2D eigenvalue weighted by Crippen LogP contribution is 2.04. The molecule has 0 saturated carbocycles. The number of carbonyl (C=O) groups is 1. The van der Waals surface area contributed by atoms with Gasteiger partial charge in [-0.25, -0.2) is 0 Å². The van der Waals surface area contributed by atoms with Gasteiger partial charge in [0, 0.05) is 13.1 Å². The summed E-state index contributed by atoms with van der Waals surface area (Å²) in [6.45, 7) is 3.51. The molecule has 1 saturated heterocycles. The molecule has 0 radical (unpaired) electrons. The topological polar surface area (TPSA) is 42.7 Å². The molecule has 1 fully saturated rings. The molecule has 0 bridgehead atoms. The molecule has 0 aromatic carbocycles. The number of hydrogen-bond acceptors (Lipinski definition) is 4. The standard InChI is InChI=1S/C10H13NO3/c12-9(10-2-1-5-14-10)8-11-3-6-13-7-4-11/h1-2,5H,3-4,6-8H2. The molecule has 0 atom stereocenters. The Morgan fingerprint density at radius 3 is 2.86 bits per heavy atom. The van der Waals surface area contributed by atoms with Gasteiger partial charge in [0.15, 0.2) is 5.76 Å². The van der Waals surface area contributed by atoms with E-state index in [1.165, 1.54) is 6.26 Å². The van der Waals surface area contributed by atoms with Gasteiger partial charge in [0.05, 0.1) is 26.0 Å². The predicted octanol–water partition coefficient (Wildman–Crippen LogP) is 0.794. The van der Waals surface area contributed by atoms with Gasteiger partial charge in [-0.2, -0.15) is 0 Å². The van der Waals surface area contributed by atoms with Crippen molar-refractivity contribution in [1.82, 2.24) is 4.90 Å². The number of Topliss-reactive ketones (excluding diaryl/α,β-unsaturated/α-hetero) is 1. The molecular weight excluding hydrogens is 182 g/mol. The summed E-state index contributed by atoms with van der Waals surface area (Å²) >= 11 is 0. The summed E-state index contributed by atoms with van der Waals surface area (Å²) in [5.74, 6) is 0.480. The molecule has 2 heterocycles. The number of morpholine rings is 1. The molecule has 0 spiro atoms. The van der Waals surface area contributed by atoms with Crippen LogP contribution in [0.15, 0.2) is 22.8 Å². The Balaban J connectivity index is 1.87. The highest BCUT2D eigenvalue weighted by molar-refractivity contribution is 5.94. The van der Waals surface area contributed by atoms with E-state index in [1.807, 2.05) is 0 Å². The van der Waals surface area contributed by atoms with Crippen molar-refractivity contribution < 1.29 is 13.9 Å². The fourth-order valence-electron chi connectivity index (χ4n) is 1.48. The van der Waals surface area contributed by atoms with E-state index in [0.717, 1.165) is 13.1 Å². The Labute approximate surface area is 82.4 Å². The van der Waals surface area contributed by atoms with Crippen LogP contribution in [0.5, 0.6) is 0 Å². The second-order valence-corrected chi connectivity index (χ2v) is 3.29. The zero-order valence-electron chi connectivity index (χ0n) is 7.94. The number of rotatable bonds is 3. The van der Waals surface area contributed by atoms with Gasteiger partial charge in [0.25, 0.3) is 0 Å². The lowest BCUT2D eigenvalue weighted by atomic mass is 10.2. The van der Waals surface area contributed by atoms with Crippen LogP contribution in [0, 0.1) is 0 Å². The maximum Gasteiger partial charge on any atom is 0.211 e. The summed E-state index contributed by atoms with van der Waals surface area (Å²) in [7, 11) is 0. The molecule has 2 rings (SSSR count). The minimum Gasteiger partial charge on any atom is -0.461 e. The highest BCUT2D eigenvalue weighted by atomic mass is 16.5. The monoisotopic (exact) mass is 195 g/mol. The summed E-state index contributed by atoms with van der Waals surface area (Å²) in [6.07, 6.45) is 1.52. The van der Waals surface area contributed by atoms with Crippen LogP contribution in [0.4, 0.5) is 0 Å². The predicted molar refractivity (Wildman–Crippen MR) is 50.3 cm³/mol. The molecule has 1 aromatic rings. The van der Waals surface area contributed by atoms with E-state index < -0.39 is 0 Å². The van der Waals surface area contributed by atoms with Crippen LogP contribution in [0.25, 0.3) is 0 Å². The quantitative estimate of drug-likeness (QED) is 0.669. The lowest BCUT2D eigenvalue weighted by Gasteiger charge is -2.25. The fourth-order valence-corrected chi connectivity index (χ4v) is 1.48. The maximum atomic E-state index is 11.6. The van der Waals surface area contributed by atoms with Crippen molar-refractivity contribution in [2.45, 2.75) is 0 Å². The lowest BCUT2D eigenvalue weighted by Crippen LogP contribution is -2.39. The Bertz CT molecular complexity index is 288. The van der Waals surface area contributed by atoms with Gasteiger partial charge in [-0.15, -0.1) is 0 Å². The molecular formula is C10H13NO3. The van der Waals surface area contributed by atoms with Crippen molar-refractivity contribution in [3.8, 4) is 0 Å². The van der Waals surface area contributed by atoms with Gasteiger partial charge in [-0.3, -0.25) is 9.69 Å². The number of ether oxygens (including phenoxy) is 1. The smallest absolute Gasteiger partial charge is 0.211 e. The number of furan rings is 1. The molecule has 4 nitrogen and oxygen atoms in total. The Morgan fingerprint density at radius 1 is 1.43 bits per heavy atom. The first kappa shape index (κ1) is 9.43. The Kier molecular flexibility index (Phi) is 2.96. The normalized spacial score (nSPS) is 18.3. The SMILES string of the molecule is O=C(CN1CCOCC1)c1ccco1. The Hall–Kier alpha value is -1.13. The van der Waals surface area contributed by atoms with E-state index >= 15 is 0 Å². The van der Waals surface area contributed by atoms with E-state index in [9.17, 15) is 4.79 Å². The van der Waals surface area contributed by atoms with E-state index in [1.54, 1.807) is 12.1 Å². The summed E-state index contributed by atoms with van der Waals surface area (Å²) in [5.41, 5.74) is 0.